The molecule has 1 heterocycles. The number of nitrogens with zero attached hydrogens (tertiary/aromatic N) is 4. The van der Waals surface area contributed by atoms with Gasteiger partial charge in [-0.3, -0.25) is 0 Å². The topological polar surface area (TPSA) is 46.0 Å². The first-order valence-corrected chi connectivity index (χ1v) is 9.10. The van der Waals surface area contributed by atoms with Crippen LogP contribution in [0.3, 0.4) is 0 Å². The number of rotatable bonds is 8. The summed E-state index contributed by atoms with van der Waals surface area (Å²) in [6.07, 6.45) is 2.89. The van der Waals surface area contributed by atoms with Gasteiger partial charge < -0.3 is 10.2 Å². The van der Waals surface area contributed by atoms with Gasteiger partial charge in [-0.25, -0.2) is 0 Å². The molecule has 5 nitrogen and oxygen atoms in total. The standard InChI is InChI=1S/C21H27N5/c1-4-17-10-12-18(13-11-17)21(25(2)3)16-22-14-19-15-23-26(24-19)20-8-6-5-7-9-20/h5-13,15,21-22H,4,14,16H2,1-3H3/t21-/m0/s1. The van der Waals surface area contributed by atoms with Crippen LogP contribution in [0.1, 0.15) is 29.8 Å². The summed E-state index contributed by atoms with van der Waals surface area (Å²) >= 11 is 0. The molecule has 1 atom stereocenters. The highest BCUT2D eigenvalue weighted by Crippen LogP contribution is 2.18. The van der Waals surface area contributed by atoms with Crippen molar-refractivity contribution < 1.29 is 0 Å². The summed E-state index contributed by atoms with van der Waals surface area (Å²) in [7, 11) is 4.23. The molecule has 0 bridgehead atoms. The number of para-hydroxylation sites is 1. The highest BCUT2D eigenvalue weighted by Gasteiger charge is 2.14. The maximum atomic E-state index is 4.55. The van der Waals surface area contributed by atoms with Crippen LogP contribution in [0.25, 0.3) is 5.69 Å². The number of hydrogen-bond donors (Lipinski definition) is 1. The van der Waals surface area contributed by atoms with Gasteiger partial charge in [0.25, 0.3) is 0 Å². The molecule has 1 aromatic heterocycles. The molecule has 0 aliphatic heterocycles. The molecule has 0 aliphatic rings. The van der Waals surface area contributed by atoms with Crippen LogP contribution in [-0.2, 0) is 13.0 Å². The Kier molecular flexibility index (Phi) is 6.15. The maximum absolute atomic E-state index is 4.55. The average Bonchev–Trinajstić information content (AvgIpc) is 3.15. The van der Waals surface area contributed by atoms with Gasteiger partial charge in [0.2, 0.25) is 0 Å². The molecule has 0 amide bonds. The lowest BCUT2D eigenvalue weighted by molar-refractivity contribution is 0.288. The lowest BCUT2D eigenvalue weighted by Gasteiger charge is -2.25. The van der Waals surface area contributed by atoms with E-state index in [0.717, 1.165) is 24.3 Å². The van der Waals surface area contributed by atoms with E-state index in [-0.39, 0.29) is 0 Å². The minimum absolute atomic E-state index is 0.324. The monoisotopic (exact) mass is 349 g/mol. The summed E-state index contributed by atoms with van der Waals surface area (Å²) in [5.41, 5.74) is 4.61. The zero-order chi connectivity index (χ0) is 18.4. The van der Waals surface area contributed by atoms with E-state index in [1.807, 2.05) is 36.5 Å². The van der Waals surface area contributed by atoms with E-state index in [0.29, 0.717) is 12.6 Å². The molecular weight excluding hydrogens is 322 g/mol. The van der Waals surface area contributed by atoms with E-state index >= 15 is 0 Å². The second kappa shape index (κ2) is 8.74. The molecule has 0 aliphatic carbocycles. The zero-order valence-electron chi connectivity index (χ0n) is 15.8. The fourth-order valence-electron chi connectivity index (χ4n) is 2.97. The first-order valence-electron chi connectivity index (χ1n) is 9.10. The predicted octanol–water partition coefficient (Wildman–Crippen LogP) is 3.22. The van der Waals surface area contributed by atoms with Gasteiger partial charge in [-0.1, -0.05) is 49.4 Å². The number of aromatic nitrogens is 3. The number of hydrogen-bond acceptors (Lipinski definition) is 4. The second-order valence-electron chi connectivity index (χ2n) is 6.67. The van der Waals surface area contributed by atoms with Crippen LogP contribution in [0, 0.1) is 0 Å². The van der Waals surface area contributed by atoms with Crippen LogP contribution in [0.4, 0.5) is 0 Å². The van der Waals surface area contributed by atoms with Crippen molar-refractivity contribution in [2.24, 2.45) is 0 Å². The summed E-state index contributed by atoms with van der Waals surface area (Å²) in [6, 6.07) is 19.2. The molecule has 0 saturated heterocycles. The second-order valence-corrected chi connectivity index (χ2v) is 6.67. The normalized spacial score (nSPS) is 12.5. The van der Waals surface area contributed by atoms with Gasteiger partial charge in [-0.05, 0) is 43.8 Å². The molecule has 0 fully saturated rings. The van der Waals surface area contributed by atoms with Gasteiger partial charge in [0.05, 0.1) is 17.6 Å². The molecule has 0 saturated carbocycles. The number of aryl methyl sites for hydroxylation is 1. The Hall–Kier alpha value is -2.50. The van der Waals surface area contributed by atoms with E-state index < -0.39 is 0 Å². The molecule has 5 heteroatoms. The van der Waals surface area contributed by atoms with Crippen molar-refractivity contribution in [3.8, 4) is 5.69 Å². The Morgan fingerprint density at radius 2 is 1.77 bits per heavy atom. The summed E-state index contributed by atoms with van der Waals surface area (Å²) in [5, 5.41) is 12.4. The maximum Gasteiger partial charge on any atom is 0.0969 e. The Bertz CT molecular complexity index is 793. The fraction of sp³-hybridized carbons (Fsp3) is 0.333. The number of nitrogens with one attached hydrogen (secondary N) is 1. The average molecular weight is 349 g/mol. The van der Waals surface area contributed by atoms with Crippen LogP contribution >= 0.6 is 0 Å². The number of likely N-dealkylation sites (N-methyl/N-ethyl adjacent to an activating group) is 1. The first kappa shape index (κ1) is 18.3. The largest absolute Gasteiger partial charge is 0.309 e. The third-order valence-corrected chi connectivity index (χ3v) is 4.57. The van der Waals surface area contributed by atoms with Crippen LogP contribution in [-0.4, -0.2) is 40.5 Å². The Balaban J connectivity index is 1.59. The molecule has 26 heavy (non-hydrogen) atoms. The van der Waals surface area contributed by atoms with E-state index in [1.165, 1.54) is 11.1 Å². The Morgan fingerprint density at radius 1 is 1.04 bits per heavy atom. The molecule has 136 valence electrons. The molecule has 2 aromatic carbocycles. The van der Waals surface area contributed by atoms with Gasteiger partial charge in [0.15, 0.2) is 0 Å². The van der Waals surface area contributed by atoms with Gasteiger partial charge in [-0.2, -0.15) is 15.0 Å². The van der Waals surface area contributed by atoms with Gasteiger partial charge in [0, 0.05) is 19.1 Å². The molecule has 1 N–H and O–H groups in total. The van der Waals surface area contributed by atoms with Gasteiger partial charge in [0.1, 0.15) is 0 Å². The quantitative estimate of drug-likeness (QED) is 0.678. The van der Waals surface area contributed by atoms with Gasteiger partial charge in [-0.15, -0.1) is 0 Å². The van der Waals surface area contributed by atoms with Crippen LogP contribution in [0.15, 0.2) is 60.8 Å². The van der Waals surface area contributed by atoms with Crippen molar-refractivity contribution in [3.63, 3.8) is 0 Å². The predicted molar refractivity (Wildman–Crippen MR) is 105 cm³/mol. The van der Waals surface area contributed by atoms with Crippen molar-refractivity contribution >= 4 is 0 Å². The van der Waals surface area contributed by atoms with Crippen LogP contribution in [0.2, 0.25) is 0 Å². The van der Waals surface area contributed by atoms with Crippen molar-refractivity contribution in [1.82, 2.24) is 25.2 Å². The minimum Gasteiger partial charge on any atom is -0.309 e. The highest BCUT2D eigenvalue weighted by molar-refractivity contribution is 5.28. The highest BCUT2D eigenvalue weighted by atomic mass is 15.5. The minimum atomic E-state index is 0.324. The Morgan fingerprint density at radius 3 is 2.42 bits per heavy atom. The van der Waals surface area contributed by atoms with E-state index in [9.17, 15) is 0 Å². The SMILES string of the molecule is CCc1ccc([C@H](CNCc2cnn(-c3ccccc3)n2)N(C)C)cc1. The van der Waals surface area contributed by atoms with Crippen LogP contribution in [0.5, 0.6) is 0 Å². The molecule has 3 rings (SSSR count). The molecule has 0 spiro atoms. The summed E-state index contributed by atoms with van der Waals surface area (Å²) in [6.45, 7) is 3.74. The third-order valence-electron chi connectivity index (χ3n) is 4.57. The van der Waals surface area contributed by atoms with E-state index in [4.69, 9.17) is 0 Å². The number of benzene rings is 2. The fourth-order valence-corrected chi connectivity index (χ4v) is 2.97. The smallest absolute Gasteiger partial charge is 0.0969 e. The van der Waals surface area contributed by atoms with Crippen molar-refractivity contribution in [2.75, 3.05) is 20.6 Å². The van der Waals surface area contributed by atoms with E-state index in [1.54, 1.807) is 4.80 Å². The molecule has 0 radical (unpaired) electrons. The summed E-state index contributed by atoms with van der Waals surface area (Å²) < 4.78 is 0. The lowest BCUT2D eigenvalue weighted by Crippen LogP contribution is -2.31. The first-order chi connectivity index (χ1) is 12.7. The molecule has 0 unspecified atom stereocenters. The zero-order valence-corrected chi connectivity index (χ0v) is 15.8. The summed E-state index contributed by atoms with van der Waals surface area (Å²) in [4.78, 5) is 3.92. The Labute approximate surface area is 155 Å². The van der Waals surface area contributed by atoms with Gasteiger partial charge >= 0.3 is 0 Å². The van der Waals surface area contributed by atoms with Crippen molar-refractivity contribution in [1.29, 1.82) is 0 Å². The molecular formula is C21H27N5. The van der Waals surface area contributed by atoms with Crippen LogP contribution < -0.4 is 5.32 Å². The van der Waals surface area contributed by atoms with Crippen molar-refractivity contribution in [3.05, 3.63) is 77.6 Å². The van der Waals surface area contributed by atoms with Crippen molar-refractivity contribution in [2.45, 2.75) is 25.9 Å². The molecule has 3 aromatic rings. The van der Waals surface area contributed by atoms with E-state index in [2.05, 4.69) is 65.7 Å². The lowest BCUT2D eigenvalue weighted by atomic mass is 10.0. The third kappa shape index (κ3) is 4.56. The summed E-state index contributed by atoms with van der Waals surface area (Å²) in [5.74, 6) is 0.